The second kappa shape index (κ2) is 5.14. The van der Waals surface area contributed by atoms with E-state index < -0.39 is 0 Å². The molecule has 0 atom stereocenters. The lowest BCUT2D eigenvalue weighted by Gasteiger charge is -2.06. The third kappa shape index (κ3) is 2.10. The van der Waals surface area contributed by atoms with Crippen molar-refractivity contribution in [2.75, 3.05) is 20.3 Å². The van der Waals surface area contributed by atoms with E-state index >= 15 is 0 Å². The Bertz CT molecular complexity index is 462. The Hall–Kier alpha value is -1.32. The first-order valence-electron chi connectivity index (χ1n) is 5.62. The van der Waals surface area contributed by atoms with Gasteiger partial charge in [0, 0.05) is 30.8 Å². The normalized spacial score (nSPS) is 11.1. The predicted molar refractivity (Wildman–Crippen MR) is 66.6 cm³/mol. The van der Waals surface area contributed by atoms with E-state index in [1.54, 1.807) is 7.11 Å². The van der Waals surface area contributed by atoms with Crippen molar-refractivity contribution in [3.8, 4) is 0 Å². The van der Waals surface area contributed by atoms with E-state index in [1.807, 2.05) is 0 Å². The van der Waals surface area contributed by atoms with Crippen LogP contribution < -0.4 is 5.73 Å². The van der Waals surface area contributed by atoms with Crippen molar-refractivity contribution in [3.63, 3.8) is 0 Å². The number of benzene rings is 1. The molecule has 0 aliphatic rings. The molecule has 2 rings (SSSR count). The molecule has 0 saturated carbocycles. The van der Waals surface area contributed by atoms with Gasteiger partial charge in [0.1, 0.15) is 0 Å². The van der Waals surface area contributed by atoms with Crippen LogP contribution in [0.5, 0.6) is 0 Å². The highest BCUT2D eigenvalue weighted by Gasteiger charge is 2.04. The number of nitrogens with two attached hydrogens (primary N) is 1. The molecule has 0 unspecified atom stereocenters. The zero-order chi connectivity index (χ0) is 11.4. The van der Waals surface area contributed by atoms with Gasteiger partial charge in [-0.1, -0.05) is 12.1 Å². The topological polar surface area (TPSA) is 40.2 Å². The van der Waals surface area contributed by atoms with E-state index in [-0.39, 0.29) is 0 Å². The maximum atomic E-state index is 5.61. The average Bonchev–Trinajstić information content (AvgIpc) is 2.71. The standard InChI is InChI=1S/C13H18N2O/c1-16-10-9-15-8-6-12-11(5-7-14)3-2-4-13(12)15/h2-4,6,8H,5,7,9-10,14H2,1H3. The number of ether oxygens (including phenoxy) is 1. The minimum Gasteiger partial charge on any atom is -0.383 e. The minimum atomic E-state index is 0.697. The van der Waals surface area contributed by atoms with E-state index in [0.29, 0.717) is 6.54 Å². The van der Waals surface area contributed by atoms with Gasteiger partial charge in [0.15, 0.2) is 0 Å². The largest absolute Gasteiger partial charge is 0.383 e. The van der Waals surface area contributed by atoms with E-state index in [9.17, 15) is 0 Å². The maximum Gasteiger partial charge on any atom is 0.0641 e. The van der Waals surface area contributed by atoms with Crippen LogP contribution in [-0.2, 0) is 17.7 Å². The van der Waals surface area contributed by atoms with Crippen LogP contribution in [0.15, 0.2) is 30.5 Å². The van der Waals surface area contributed by atoms with Gasteiger partial charge in [0.25, 0.3) is 0 Å². The molecule has 0 radical (unpaired) electrons. The lowest BCUT2D eigenvalue weighted by atomic mass is 10.1. The summed E-state index contributed by atoms with van der Waals surface area (Å²) in [6.07, 6.45) is 3.05. The minimum absolute atomic E-state index is 0.697. The summed E-state index contributed by atoms with van der Waals surface area (Å²) in [6.45, 7) is 2.33. The predicted octanol–water partition coefficient (Wildman–Crippen LogP) is 1.79. The van der Waals surface area contributed by atoms with Crippen LogP contribution in [0.25, 0.3) is 10.9 Å². The van der Waals surface area contributed by atoms with Crippen molar-refractivity contribution in [3.05, 3.63) is 36.0 Å². The molecule has 2 N–H and O–H groups in total. The van der Waals surface area contributed by atoms with Crippen molar-refractivity contribution >= 4 is 10.9 Å². The first-order chi connectivity index (χ1) is 7.86. The number of fused-ring (bicyclic) bond motifs is 1. The summed E-state index contributed by atoms with van der Waals surface area (Å²) in [4.78, 5) is 0. The van der Waals surface area contributed by atoms with Gasteiger partial charge in [-0.15, -0.1) is 0 Å². The van der Waals surface area contributed by atoms with Crippen LogP contribution in [0.2, 0.25) is 0 Å². The molecule has 3 nitrogen and oxygen atoms in total. The quantitative estimate of drug-likeness (QED) is 0.831. The molecule has 0 amide bonds. The van der Waals surface area contributed by atoms with E-state index in [2.05, 4.69) is 35.0 Å². The molecule has 0 saturated heterocycles. The molecule has 1 aromatic carbocycles. The Labute approximate surface area is 95.8 Å². The summed E-state index contributed by atoms with van der Waals surface area (Å²) in [5.74, 6) is 0. The van der Waals surface area contributed by atoms with Gasteiger partial charge in [0.05, 0.1) is 6.61 Å². The van der Waals surface area contributed by atoms with Gasteiger partial charge in [-0.2, -0.15) is 0 Å². The van der Waals surface area contributed by atoms with Gasteiger partial charge in [0.2, 0.25) is 0 Å². The molecule has 0 bridgehead atoms. The summed E-state index contributed by atoms with van der Waals surface area (Å²) in [6, 6.07) is 8.55. The van der Waals surface area contributed by atoms with Crippen LogP contribution in [0, 0.1) is 0 Å². The summed E-state index contributed by atoms with van der Waals surface area (Å²) in [5.41, 5.74) is 8.21. The molecule has 1 aromatic heterocycles. The Balaban J connectivity index is 2.36. The van der Waals surface area contributed by atoms with Gasteiger partial charge < -0.3 is 15.0 Å². The highest BCUT2D eigenvalue weighted by Crippen LogP contribution is 2.20. The zero-order valence-electron chi connectivity index (χ0n) is 9.65. The van der Waals surface area contributed by atoms with Crippen molar-refractivity contribution < 1.29 is 4.74 Å². The highest BCUT2D eigenvalue weighted by atomic mass is 16.5. The summed E-state index contributed by atoms with van der Waals surface area (Å²) < 4.78 is 7.32. The van der Waals surface area contributed by atoms with Crippen molar-refractivity contribution in [2.24, 2.45) is 5.73 Å². The Kier molecular flexibility index (Phi) is 3.59. The van der Waals surface area contributed by atoms with Gasteiger partial charge in [-0.3, -0.25) is 0 Å². The fourth-order valence-corrected chi connectivity index (χ4v) is 2.05. The molecular weight excluding hydrogens is 200 g/mol. The van der Waals surface area contributed by atoms with Crippen molar-refractivity contribution in [1.82, 2.24) is 4.57 Å². The van der Waals surface area contributed by atoms with Crippen LogP contribution >= 0.6 is 0 Å². The van der Waals surface area contributed by atoms with Crippen LogP contribution in [0.1, 0.15) is 5.56 Å². The molecule has 16 heavy (non-hydrogen) atoms. The summed E-state index contributed by atoms with van der Waals surface area (Å²) >= 11 is 0. The number of nitrogens with zero attached hydrogens (tertiary/aromatic N) is 1. The fraction of sp³-hybridized carbons (Fsp3) is 0.385. The third-order valence-corrected chi connectivity index (χ3v) is 2.85. The molecule has 0 fully saturated rings. The van der Waals surface area contributed by atoms with Gasteiger partial charge in [-0.05, 0) is 30.7 Å². The highest BCUT2D eigenvalue weighted by molar-refractivity contribution is 5.83. The fourth-order valence-electron chi connectivity index (χ4n) is 2.05. The van der Waals surface area contributed by atoms with Gasteiger partial charge >= 0.3 is 0 Å². The second-order valence-electron chi connectivity index (χ2n) is 3.89. The molecule has 0 aliphatic carbocycles. The SMILES string of the molecule is COCCn1ccc2c(CCN)cccc21. The first kappa shape index (κ1) is 11.2. The smallest absolute Gasteiger partial charge is 0.0641 e. The Morgan fingerprint density at radius 3 is 2.94 bits per heavy atom. The lowest BCUT2D eigenvalue weighted by Crippen LogP contribution is -2.04. The summed E-state index contributed by atoms with van der Waals surface area (Å²) in [5, 5.41) is 1.31. The van der Waals surface area contributed by atoms with Crippen LogP contribution in [-0.4, -0.2) is 24.8 Å². The Morgan fingerprint density at radius 2 is 2.19 bits per heavy atom. The third-order valence-electron chi connectivity index (χ3n) is 2.85. The molecular formula is C13H18N2O. The maximum absolute atomic E-state index is 5.61. The molecule has 86 valence electrons. The van der Waals surface area contributed by atoms with E-state index in [4.69, 9.17) is 10.5 Å². The number of hydrogen-bond acceptors (Lipinski definition) is 2. The van der Waals surface area contributed by atoms with Gasteiger partial charge in [-0.25, -0.2) is 0 Å². The number of methoxy groups -OCH3 is 1. The van der Waals surface area contributed by atoms with Crippen molar-refractivity contribution in [2.45, 2.75) is 13.0 Å². The Morgan fingerprint density at radius 1 is 1.31 bits per heavy atom. The first-order valence-corrected chi connectivity index (χ1v) is 5.62. The van der Waals surface area contributed by atoms with Crippen LogP contribution in [0.4, 0.5) is 0 Å². The molecule has 2 aromatic rings. The summed E-state index contributed by atoms with van der Waals surface area (Å²) in [7, 11) is 1.73. The molecule has 1 heterocycles. The van der Waals surface area contributed by atoms with E-state index in [1.165, 1.54) is 16.5 Å². The molecule has 0 spiro atoms. The molecule has 3 heteroatoms. The monoisotopic (exact) mass is 218 g/mol. The number of aromatic nitrogens is 1. The van der Waals surface area contributed by atoms with Crippen molar-refractivity contribution in [1.29, 1.82) is 0 Å². The number of rotatable bonds is 5. The second-order valence-corrected chi connectivity index (χ2v) is 3.89. The average molecular weight is 218 g/mol. The number of hydrogen-bond donors (Lipinski definition) is 1. The van der Waals surface area contributed by atoms with E-state index in [0.717, 1.165) is 19.6 Å². The molecule has 0 aliphatic heterocycles. The zero-order valence-corrected chi connectivity index (χ0v) is 9.65. The lowest BCUT2D eigenvalue weighted by molar-refractivity contribution is 0.188. The van der Waals surface area contributed by atoms with Crippen LogP contribution in [0.3, 0.4) is 0 Å².